The molecule has 0 aromatic carbocycles. The van der Waals surface area contributed by atoms with Crippen LogP contribution in [-0.2, 0) is 9.53 Å². The van der Waals surface area contributed by atoms with Crippen molar-refractivity contribution < 1.29 is 9.53 Å². The summed E-state index contributed by atoms with van der Waals surface area (Å²) in [6.45, 7) is 8.18. The Bertz CT molecular complexity index is 437. The molecule has 0 bridgehead atoms. The summed E-state index contributed by atoms with van der Waals surface area (Å²) >= 11 is 0. The SMILES string of the molecule is Cc1nccn1[C@@H](C)C(=O)N(C)CC1(C)COC1. The molecule has 1 saturated heterocycles. The number of hydrogen-bond acceptors (Lipinski definition) is 3. The molecule has 0 radical (unpaired) electrons. The maximum atomic E-state index is 12.3. The number of likely N-dealkylation sites (N-methyl/N-ethyl adjacent to an activating group) is 1. The van der Waals surface area contributed by atoms with Gasteiger partial charge in [0.25, 0.3) is 0 Å². The van der Waals surface area contributed by atoms with Crippen LogP contribution >= 0.6 is 0 Å². The molecule has 100 valence electrons. The van der Waals surface area contributed by atoms with Crippen molar-refractivity contribution in [3.8, 4) is 0 Å². The van der Waals surface area contributed by atoms with E-state index in [1.54, 1.807) is 11.1 Å². The number of ether oxygens (including phenoxy) is 1. The van der Waals surface area contributed by atoms with E-state index in [2.05, 4.69) is 11.9 Å². The quantitative estimate of drug-likeness (QED) is 0.809. The van der Waals surface area contributed by atoms with Gasteiger partial charge in [-0.3, -0.25) is 4.79 Å². The minimum Gasteiger partial charge on any atom is -0.380 e. The highest BCUT2D eigenvalue weighted by Gasteiger charge is 2.36. The number of aryl methyl sites for hydroxylation is 1. The first kappa shape index (κ1) is 13.1. The molecular weight excluding hydrogens is 230 g/mol. The fourth-order valence-electron chi connectivity index (χ4n) is 2.43. The molecular formula is C13H21N3O2. The third kappa shape index (κ3) is 2.41. The molecule has 0 unspecified atom stereocenters. The van der Waals surface area contributed by atoms with Crippen LogP contribution in [0.4, 0.5) is 0 Å². The summed E-state index contributed by atoms with van der Waals surface area (Å²) in [4.78, 5) is 18.3. The molecule has 1 aliphatic heterocycles. The lowest BCUT2D eigenvalue weighted by molar-refractivity contribution is -0.144. The molecule has 0 saturated carbocycles. The summed E-state index contributed by atoms with van der Waals surface area (Å²) in [5.74, 6) is 0.978. The summed E-state index contributed by atoms with van der Waals surface area (Å²) in [7, 11) is 1.86. The van der Waals surface area contributed by atoms with Crippen molar-refractivity contribution in [1.29, 1.82) is 0 Å². The van der Waals surface area contributed by atoms with E-state index in [4.69, 9.17) is 4.74 Å². The van der Waals surface area contributed by atoms with Gasteiger partial charge in [-0.1, -0.05) is 6.92 Å². The average molecular weight is 251 g/mol. The van der Waals surface area contributed by atoms with E-state index < -0.39 is 0 Å². The number of nitrogens with zero attached hydrogens (tertiary/aromatic N) is 3. The van der Waals surface area contributed by atoms with Crippen LogP contribution in [-0.4, -0.2) is 47.2 Å². The Morgan fingerprint density at radius 1 is 1.67 bits per heavy atom. The molecule has 0 N–H and O–H groups in total. The first-order valence-corrected chi connectivity index (χ1v) is 6.25. The van der Waals surface area contributed by atoms with E-state index >= 15 is 0 Å². The number of rotatable bonds is 4. The lowest BCUT2D eigenvalue weighted by Crippen LogP contribution is -2.50. The highest BCUT2D eigenvalue weighted by Crippen LogP contribution is 2.27. The molecule has 0 spiro atoms. The molecule has 2 heterocycles. The van der Waals surface area contributed by atoms with Crippen LogP contribution < -0.4 is 0 Å². The van der Waals surface area contributed by atoms with E-state index in [0.717, 1.165) is 25.6 Å². The van der Waals surface area contributed by atoms with Gasteiger partial charge in [0.05, 0.1) is 13.2 Å². The predicted octanol–water partition coefficient (Wildman–Crippen LogP) is 1.25. The zero-order chi connectivity index (χ0) is 13.3. The van der Waals surface area contributed by atoms with Crippen molar-refractivity contribution in [2.45, 2.75) is 26.8 Å². The smallest absolute Gasteiger partial charge is 0.245 e. The van der Waals surface area contributed by atoms with Gasteiger partial charge in [0.1, 0.15) is 11.9 Å². The van der Waals surface area contributed by atoms with Crippen LogP contribution in [0.2, 0.25) is 0 Å². The number of aromatic nitrogens is 2. The van der Waals surface area contributed by atoms with Crippen molar-refractivity contribution >= 4 is 5.91 Å². The number of amides is 1. The van der Waals surface area contributed by atoms with Gasteiger partial charge in [-0.2, -0.15) is 0 Å². The van der Waals surface area contributed by atoms with Gasteiger partial charge in [-0.25, -0.2) is 4.98 Å². The third-order valence-corrected chi connectivity index (χ3v) is 3.53. The van der Waals surface area contributed by atoms with Gasteiger partial charge in [0.2, 0.25) is 5.91 Å². The average Bonchev–Trinajstić information content (AvgIpc) is 2.71. The Morgan fingerprint density at radius 3 is 2.78 bits per heavy atom. The third-order valence-electron chi connectivity index (χ3n) is 3.53. The van der Waals surface area contributed by atoms with Crippen LogP contribution in [0, 0.1) is 12.3 Å². The van der Waals surface area contributed by atoms with Crippen LogP contribution in [0.5, 0.6) is 0 Å². The number of imidazole rings is 1. The minimum atomic E-state index is -0.206. The summed E-state index contributed by atoms with van der Waals surface area (Å²) < 4.78 is 7.12. The van der Waals surface area contributed by atoms with E-state index in [1.165, 1.54) is 0 Å². The minimum absolute atomic E-state index is 0.115. The Labute approximate surface area is 108 Å². The highest BCUT2D eigenvalue weighted by atomic mass is 16.5. The Morgan fingerprint density at radius 2 is 2.33 bits per heavy atom. The van der Waals surface area contributed by atoms with Crippen molar-refractivity contribution in [2.75, 3.05) is 26.8 Å². The second kappa shape index (κ2) is 4.72. The van der Waals surface area contributed by atoms with Crippen molar-refractivity contribution in [3.05, 3.63) is 18.2 Å². The number of carbonyl (C=O) groups excluding carboxylic acids is 1. The van der Waals surface area contributed by atoms with Gasteiger partial charge in [0.15, 0.2) is 0 Å². The number of hydrogen-bond donors (Lipinski definition) is 0. The maximum absolute atomic E-state index is 12.3. The second-order valence-electron chi connectivity index (χ2n) is 5.56. The Hall–Kier alpha value is -1.36. The van der Waals surface area contributed by atoms with E-state index in [9.17, 15) is 4.79 Å². The maximum Gasteiger partial charge on any atom is 0.245 e. The van der Waals surface area contributed by atoms with E-state index in [1.807, 2.05) is 31.7 Å². The first-order chi connectivity index (χ1) is 8.43. The van der Waals surface area contributed by atoms with Crippen LogP contribution in [0.25, 0.3) is 0 Å². The molecule has 18 heavy (non-hydrogen) atoms. The predicted molar refractivity (Wildman–Crippen MR) is 68.2 cm³/mol. The summed E-state index contributed by atoms with van der Waals surface area (Å²) in [5, 5.41) is 0. The summed E-state index contributed by atoms with van der Waals surface area (Å²) in [5.41, 5.74) is 0.119. The van der Waals surface area contributed by atoms with Gasteiger partial charge < -0.3 is 14.2 Å². The molecule has 1 amide bonds. The molecule has 1 atom stereocenters. The molecule has 0 aliphatic carbocycles. The summed E-state index contributed by atoms with van der Waals surface area (Å²) in [6, 6.07) is -0.206. The summed E-state index contributed by atoms with van der Waals surface area (Å²) in [6.07, 6.45) is 3.57. The molecule has 2 rings (SSSR count). The van der Waals surface area contributed by atoms with Crippen molar-refractivity contribution in [2.24, 2.45) is 5.41 Å². The van der Waals surface area contributed by atoms with Gasteiger partial charge in [-0.05, 0) is 13.8 Å². The Balaban J connectivity index is 2.00. The molecule has 5 nitrogen and oxygen atoms in total. The van der Waals surface area contributed by atoms with Gasteiger partial charge >= 0.3 is 0 Å². The van der Waals surface area contributed by atoms with E-state index in [0.29, 0.717) is 0 Å². The van der Waals surface area contributed by atoms with Crippen molar-refractivity contribution in [1.82, 2.24) is 14.5 Å². The molecule has 1 fully saturated rings. The zero-order valence-electron chi connectivity index (χ0n) is 11.5. The van der Waals surface area contributed by atoms with Gasteiger partial charge in [-0.15, -0.1) is 0 Å². The fourth-order valence-corrected chi connectivity index (χ4v) is 2.43. The standard InChI is InChI=1S/C13H21N3O2/c1-10(16-6-5-14-11(16)2)12(17)15(4)7-13(3)8-18-9-13/h5-6,10H,7-9H2,1-4H3/t10-/m0/s1. The molecule has 1 aromatic heterocycles. The number of carbonyl (C=O) groups is 1. The topological polar surface area (TPSA) is 47.4 Å². The van der Waals surface area contributed by atoms with E-state index in [-0.39, 0.29) is 17.4 Å². The lowest BCUT2D eigenvalue weighted by Gasteiger charge is -2.41. The second-order valence-corrected chi connectivity index (χ2v) is 5.56. The van der Waals surface area contributed by atoms with Crippen LogP contribution in [0.3, 0.4) is 0 Å². The zero-order valence-corrected chi connectivity index (χ0v) is 11.5. The molecule has 1 aromatic rings. The van der Waals surface area contributed by atoms with Crippen molar-refractivity contribution in [3.63, 3.8) is 0 Å². The normalized spacial score (nSPS) is 19.1. The van der Waals surface area contributed by atoms with Crippen LogP contribution in [0.15, 0.2) is 12.4 Å². The largest absolute Gasteiger partial charge is 0.380 e. The molecule has 1 aliphatic rings. The first-order valence-electron chi connectivity index (χ1n) is 6.25. The monoisotopic (exact) mass is 251 g/mol. The Kier molecular flexibility index (Phi) is 3.43. The molecule has 5 heteroatoms. The van der Waals surface area contributed by atoms with Crippen LogP contribution in [0.1, 0.15) is 25.7 Å². The lowest BCUT2D eigenvalue weighted by atomic mass is 9.88. The highest BCUT2D eigenvalue weighted by molar-refractivity contribution is 5.80. The van der Waals surface area contributed by atoms with Gasteiger partial charge in [0, 0.05) is 31.4 Å². The fraction of sp³-hybridized carbons (Fsp3) is 0.692.